The second kappa shape index (κ2) is 8.53. The highest BCUT2D eigenvalue weighted by atomic mass is 79.9. The number of carbonyl (C=O) groups excluding carboxylic acids is 1. The van der Waals surface area contributed by atoms with E-state index in [1.807, 2.05) is 32.0 Å². The molecule has 2 rings (SSSR count). The molecule has 0 atom stereocenters. The number of carbonyl (C=O) groups is 1. The predicted octanol–water partition coefficient (Wildman–Crippen LogP) is 4.05. The number of nitrogens with one attached hydrogen (secondary N) is 2. The molecule has 0 aliphatic rings. The van der Waals surface area contributed by atoms with Crippen molar-refractivity contribution in [2.24, 2.45) is 0 Å². The molecule has 5 nitrogen and oxygen atoms in total. The molecule has 0 fully saturated rings. The van der Waals surface area contributed by atoms with Gasteiger partial charge in [-0.3, -0.25) is 5.32 Å². The van der Waals surface area contributed by atoms with Gasteiger partial charge in [0.2, 0.25) is 0 Å². The number of aromatic nitrogens is 1. The molecular formula is C17H20BrN3O2. The number of amides is 2. The van der Waals surface area contributed by atoms with Gasteiger partial charge in [-0.05, 0) is 43.5 Å². The largest absolute Gasteiger partial charge is 0.493 e. The number of hydrogen-bond donors (Lipinski definition) is 2. The molecule has 2 amide bonds. The van der Waals surface area contributed by atoms with E-state index in [4.69, 9.17) is 4.74 Å². The summed E-state index contributed by atoms with van der Waals surface area (Å²) >= 11 is 3.33. The molecule has 1 heterocycles. The molecule has 1 aromatic heterocycles. The molecule has 6 heteroatoms. The highest BCUT2D eigenvalue weighted by molar-refractivity contribution is 9.10. The number of rotatable bonds is 6. The Bertz CT molecular complexity index is 656. The van der Waals surface area contributed by atoms with Crippen LogP contribution in [-0.4, -0.2) is 24.2 Å². The molecule has 0 aliphatic heterocycles. The molecule has 0 radical (unpaired) electrons. The van der Waals surface area contributed by atoms with Gasteiger partial charge >= 0.3 is 6.03 Å². The van der Waals surface area contributed by atoms with Crippen molar-refractivity contribution in [2.45, 2.75) is 20.3 Å². The first kappa shape index (κ1) is 17.3. The van der Waals surface area contributed by atoms with Gasteiger partial charge < -0.3 is 10.1 Å². The summed E-state index contributed by atoms with van der Waals surface area (Å²) in [5, 5.41) is 5.46. The molecule has 2 aromatic rings. The van der Waals surface area contributed by atoms with E-state index in [9.17, 15) is 4.79 Å². The van der Waals surface area contributed by atoms with Crippen molar-refractivity contribution in [1.82, 2.24) is 10.3 Å². The Morgan fingerprint density at radius 3 is 2.70 bits per heavy atom. The zero-order chi connectivity index (χ0) is 16.7. The molecule has 0 unspecified atom stereocenters. The zero-order valence-corrected chi connectivity index (χ0v) is 14.8. The fraction of sp³-hybridized carbons (Fsp3) is 0.294. The first-order valence-electron chi connectivity index (χ1n) is 7.41. The summed E-state index contributed by atoms with van der Waals surface area (Å²) in [5.74, 6) is 1.43. The fourth-order valence-corrected chi connectivity index (χ4v) is 2.44. The third-order valence-corrected chi connectivity index (χ3v) is 3.72. The SMILES string of the molecule is Cc1cccc(C)c1OCCCNC(=O)Nc1cc(Br)ccn1. The number of hydrogen-bond acceptors (Lipinski definition) is 3. The molecule has 0 bridgehead atoms. The minimum Gasteiger partial charge on any atom is -0.493 e. The van der Waals surface area contributed by atoms with Gasteiger partial charge in [-0.1, -0.05) is 34.1 Å². The van der Waals surface area contributed by atoms with Crippen molar-refractivity contribution < 1.29 is 9.53 Å². The highest BCUT2D eigenvalue weighted by Gasteiger charge is 2.04. The molecular weight excluding hydrogens is 358 g/mol. The Kier molecular flexibility index (Phi) is 6.40. The van der Waals surface area contributed by atoms with Gasteiger partial charge in [0.1, 0.15) is 11.6 Å². The minimum atomic E-state index is -0.275. The number of aryl methyl sites for hydroxylation is 2. The second-order valence-electron chi connectivity index (χ2n) is 5.16. The molecule has 0 spiro atoms. The van der Waals surface area contributed by atoms with Crippen molar-refractivity contribution in [1.29, 1.82) is 0 Å². The average Bonchev–Trinajstić information content (AvgIpc) is 2.49. The van der Waals surface area contributed by atoms with Gasteiger partial charge in [0.15, 0.2) is 0 Å². The van der Waals surface area contributed by atoms with Crippen LogP contribution in [0.15, 0.2) is 41.0 Å². The maximum atomic E-state index is 11.7. The van der Waals surface area contributed by atoms with Crippen LogP contribution in [0.3, 0.4) is 0 Å². The fourth-order valence-electron chi connectivity index (χ4n) is 2.11. The van der Waals surface area contributed by atoms with E-state index in [1.165, 1.54) is 0 Å². The first-order valence-corrected chi connectivity index (χ1v) is 8.21. The molecule has 0 saturated heterocycles. The average molecular weight is 378 g/mol. The van der Waals surface area contributed by atoms with Crippen LogP contribution in [-0.2, 0) is 0 Å². The summed E-state index contributed by atoms with van der Waals surface area (Å²) in [4.78, 5) is 15.8. The Morgan fingerprint density at radius 1 is 1.26 bits per heavy atom. The lowest BCUT2D eigenvalue weighted by Crippen LogP contribution is -2.30. The topological polar surface area (TPSA) is 63.2 Å². The number of anilines is 1. The van der Waals surface area contributed by atoms with E-state index in [-0.39, 0.29) is 6.03 Å². The van der Waals surface area contributed by atoms with Crippen LogP contribution in [0.1, 0.15) is 17.5 Å². The number of halogens is 1. The zero-order valence-electron chi connectivity index (χ0n) is 13.2. The molecule has 0 saturated carbocycles. The highest BCUT2D eigenvalue weighted by Crippen LogP contribution is 2.22. The number of benzene rings is 1. The number of ether oxygens (including phenoxy) is 1. The van der Waals surface area contributed by atoms with Crippen molar-refractivity contribution in [3.8, 4) is 5.75 Å². The number of para-hydroxylation sites is 1. The standard InChI is InChI=1S/C17H20BrN3O2/c1-12-5-3-6-13(2)16(12)23-10-4-8-20-17(22)21-15-11-14(18)7-9-19-15/h3,5-7,9,11H,4,8,10H2,1-2H3,(H2,19,20,21,22). The Labute approximate surface area is 144 Å². The van der Waals surface area contributed by atoms with E-state index in [2.05, 4.69) is 31.5 Å². The maximum Gasteiger partial charge on any atom is 0.320 e. The first-order chi connectivity index (χ1) is 11.1. The van der Waals surface area contributed by atoms with Crippen LogP contribution in [0.25, 0.3) is 0 Å². The van der Waals surface area contributed by atoms with Crippen LogP contribution < -0.4 is 15.4 Å². The van der Waals surface area contributed by atoms with E-state index >= 15 is 0 Å². The summed E-state index contributed by atoms with van der Waals surface area (Å²) in [5.41, 5.74) is 2.24. The number of nitrogens with zero attached hydrogens (tertiary/aromatic N) is 1. The molecule has 23 heavy (non-hydrogen) atoms. The number of pyridine rings is 1. The van der Waals surface area contributed by atoms with Crippen LogP contribution >= 0.6 is 15.9 Å². The van der Waals surface area contributed by atoms with Gasteiger partial charge in [0.25, 0.3) is 0 Å². The smallest absolute Gasteiger partial charge is 0.320 e. The Balaban J connectivity index is 1.68. The lowest BCUT2D eigenvalue weighted by Gasteiger charge is -2.12. The maximum absolute atomic E-state index is 11.7. The van der Waals surface area contributed by atoms with Gasteiger partial charge in [-0.25, -0.2) is 9.78 Å². The molecule has 2 N–H and O–H groups in total. The second-order valence-corrected chi connectivity index (χ2v) is 6.08. The van der Waals surface area contributed by atoms with Crippen LogP contribution in [0.4, 0.5) is 10.6 Å². The van der Waals surface area contributed by atoms with E-state index < -0.39 is 0 Å². The Hall–Kier alpha value is -2.08. The number of urea groups is 1. The van der Waals surface area contributed by atoms with Crippen LogP contribution in [0.2, 0.25) is 0 Å². The van der Waals surface area contributed by atoms with Crippen LogP contribution in [0.5, 0.6) is 5.75 Å². The Morgan fingerprint density at radius 2 is 2.00 bits per heavy atom. The predicted molar refractivity (Wildman–Crippen MR) is 95.0 cm³/mol. The van der Waals surface area contributed by atoms with Gasteiger partial charge in [0.05, 0.1) is 6.61 Å². The van der Waals surface area contributed by atoms with Crippen molar-refractivity contribution in [2.75, 3.05) is 18.5 Å². The quantitative estimate of drug-likeness (QED) is 0.746. The van der Waals surface area contributed by atoms with Gasteiger partial charge in [-0.2, -0.15) is 0 Å². The minimum absolute atomic E-state index is 0.275. The summed E-state index contributed by atoms with van der Waals surface area (Å²) < 4.78 is 6.66. The normalized spacial score (nSPS) is 10.2. The van der Waals surface area contributed by atoms with Crippen molar-refractivity contribution >= 4 is 27.8 Å². The van der Waals surface area contributed by atoms with Crippen molar-refractivity contribution in [3.63, 3.8) is 0 Å². The molecule has 1 aromatic carbocycles. The van der Waals surface area contributed by atoms with E-state index in [0.29, 0.717) is 19.0 Å². The third kappa shape index (κ3) is 5.56. The molecule has 0 aliphatic carbocycles. The monoisotopic (exact) mass is 377 g/mol. The lowest BCUT2D eigenvalue weighted by molar-refractivity contribution is 0.250. The summed E-state index contributed by atoms with van der Waals surface area (Å²) in [6.07, 6.45) is 2.35. The lowest BCUT2D eigenvalue weighted by atomic mass is 10.1. The summed E-state index contributed by atoms with van der Waals surface area (Å²) in [6, 6.07) is 9.33. The summed E-state index contributed by atoms with van der Waals surface area (Å²) in [6.45, 7) is 5.14. The van der Waals surface area contributed by atoms with Crippen LogP contribution in [0, 0.1) is 13.8 Å². The molecule has 122 valence electrons. The van der Waals surface area contributed by atoms with E-state index in [1.54, 1.807) is 18.3 Å². The third-order valence-electron chi connectivity index (χ3n) is 3.23. The van der Waals surface area contributed by atoms with Gasteiger partial charge in [0, 0.05) is 17.2 Å². The summed E-state index contributed by atoms with van der Waals surface area (Å²) in [7, 11) is 0. The van der Waals surface area contributed by atoms with E-state index in [0.717, 1.165) is 27.8 Å². The van der Waals surface area contributed by atoms with Crippen molar-refractivity contribution in [3.05, 3.63) is 52.1 Å². The van der Waals surface area contributed by atoms with Gasteiger partial charge in [-0.15, -0.1) is 0 Å².